The van der Waals surface area contributed by atoms with E-state index in [0.29, 0.717) is 6.04 Å². The molecule has 0 aromatic carbocycles. The molecule has 4 rings (SSSR count). The SMILES string of the molecule is COC1=C(OC2CCCC2)N(Cc2cccnc2)C(NC2CCCNC2)C=C1. The maximum atomic E-state index is 6.51. The minimum absolute atomic E-state index is 0.0698. The Morgan fingerprint density at radius 2 is 2.14 bits per heavy atom. The molecule has 2 aliphatic heterocycles. The molecule has 3 heterocycles. The van der Waals surface area contributed by atoms with E-state index >= 15 is 0 Å². The van der Waals surface area contributed by atoms with Gasteiger partial charge in [-0.3, -0.25) is 10.3 Å². The Hall–Kier alpha value is -2.05. The van der Waals surface area contributed by atoms with E-state index in [2.05, 4.69) is 38.7 Å². The number of nitrogens with zero attached hydrogens (tertiary/aromatic N) is 2. The van der Waals surface area contributed by atoms with Gasteiger partial charge in [-0.25, -0.2) is 0 Å². The lowest BCUT2D eigenvalue weighted by Crippen LogP contribution is -2.54. The molecular weight excluding hydrogens is 352 g/mol. The van der Waals surface area contributed by atoms with E-state index in [4.69, 9.17) is 9.47 Å². The second-order valence-corrected chi connectivity index (χ2v) is 7.90. The molecule has 152 valence electrons. The highest BCUT2D eigenvalue weighted by Crippen LogP contribution is 2.30. The molecule has 1 saturated heterocycles. The predicted molar refractivity (Wildman–Crippen MR) is 109 cm³/mol. The summed E-state index contributed by atoms with van der Waals surface area (Å²) in [5.74, 6) is 1.65. The number of hydrogen-bond acceptors (Lipinski definition) is 6. The van der Waals surface area contributed by atoms with Gasteiger partial charge < -0.3 is 19.7 Å². The van der Waals surface area contributed by atoms with Crippen molar-refractivity contribution in [1.29, 1.82) is 0 Å². The van der Waals surface area contributed by atoms with E-state index in [1.54, 1.807) is 7.11 Å². The van der Waals surface area contributed by atoms with E-state index in [1.165, 1.54) is 25.7 Å². The molecule has 2 atom stereocenters. The normalized spacial score (nSPS) is 26.0. The molecule has 0 amide bonds. The Balaban J connectivity index is 1.57. The fourth-order valence-corrected chi connectivity index (χ4v) is 4.31. The zero-order valence-electron chi connectivity index (χ0n) is 16.8. The molecule has 0 bridgehead atoms. The van der Waals surface area contributed by atoms with Crippen LogP contribution in [0.3, 0.4) is 0 Å². The first-order valence-corrected chi connectivity index (χ1v) is 10.6. The van der Waals surface area contributed by atoms with Gasteiger partial charge in [-0.2, -0.15) is 0 Å². The molecule has 1 aliphatic carbocycles. The van der Waals surface area contributed by atoms with Gasteiger partial charge in [-0.05, 0) is 68.9 Å². The Morgan fingerprint density at radius 1 is 1.25 bits per heavy atom. The molecule has 3 aliphatic rings. The van der Waals surface area contributed by atoms with Crippen LogP contribution in [0.5, 0.6) is 0 Å². The smallest absolute Gasteiger partial charge is 0.235 e. The molecule has 1 aromatic rings. The summed E-state index contributed by atoms with van der Waals surface area (Å²) in [6.45, 7) is 2.84. The molecule has 1 saturated carbocycles. The minimum atomic E-state index is 0.0698. The van der Waals surface area contributed by atoms with Crippen LogP contribution in [0.25, 0.3) is 0 Å². The summed E-state index contributed by atoms with van der Waals surface area (Å²) in [6.07, 6.45) is 15.5. The van der Waals surface area contributed by atoms with Gasteiger partial charge in [-0.1, -0.05) is 6.07 Å². The molecule has 0 radical (unpaired) electrons. The van der Waals surface area contributed by atoms with Crippen molar-refractivity contribution in [2.45, 2.75) is 63.4 Å². The standard InChI is InChI=1S/C22H32N4O2/c1-27-20-10-11-21(25-18-7-5-13-24-15-18)26(16-17-6-4-12-23-14-17)22(20)28-19-8-2-3-9-19/h4,6,10-12,14,18-19,21,24-25H,2-3,5,7-9,13,15-16H2,1H3. The third-order valence-electron chi connectivity index (χ3n) is 5.82. The van der Waals surface area contributed by atoms with Crippen molar-refractivity contribution in [3.8, 4) is 0 Å². The zero-order valence-corrected chi connectivity index (χ0v) is 16.8. The van der Waals surface area contributed by atoms with Crippen LogP contribution in [-0.2, 0) is 16.0 Å². The number of aromatic nitrogens is 1. The minimum Gasteiger partial charge on any atom is -0.491 e. The Bertz CT molecular complexity index is 679. The molecule has 28 heavy (non-hydrogen) atoms. The molecule has 6 nitrogen and oxygen atoms in total. The van der Waals surface area contributed by atoms with Crippen molar-refractivity contribution < 1.29 is 9.47 Å². The van der Waals surface area contributed by atoms with Gasteiger partial charge in [0.25, 0.3) is 0 Å². The lowest BCUT2D eigenvalue weighted by atomic mass is 10.1. The van der Waals surface area contributed by atoms with E-state index in [9.17, 15) is 0 Å². The number of methoxy groups -OCH3 is 1. The number of nitrogens with one attached hydrogen (secondary N) is 2. The van der Waals surface area contributed by atoms with Gasteiger partial charge in [0.2, 0.25) is 5.88 Å². The van der Waals surface area contributed by atoms with Crippen molar-refractivity contribution in [3.63, 3.8) is 0 Å². The zero-order chi connectivity index (χ0) is 19.2. The van der Waals surface area contributed by atoms with Gasteiger partial charge in [0.1, 0.15) is 12.3 Å². The highest BCUT2D eigenvalue weighted by Gasteiger charge is 2.31. The van der Waals surface area contributed by atoms with Crippen molar-refractivity contribution in [1.82, 2.24) is 20.5 Å². The highest BCUT2D eigenvalue weighted by atomic mass is 16.5. The topological polar surface area (TPSA) is 58.7 Å². The summed E-state index contributed by atoms with van der Waals surface area (Å²) in [7, 11) is 1.72. The number of hydrogen-bond donors (Lipinski definition) is 2. The van der Waals surface area contributed by atoms with Crippen molar-refractivity contribution in [2.24, 2.45) is 0 Å². The summed E-state index contributed by atoms with van der Waals surface area (Å²) in [6, 6.07) is 4.56. The molecule has 2 unspecified atom stereocenters. The van der Waals surface area contributed by atoms with E-state index < -0.39 is 0 Å². The number of piperidine rings is 1. The van der Waals surface area contributed by atoms with Crippen LogP contribution in [-0.4, -0.2) is 48.4 Å². The second-order valence-electron chi connectivity index (χ2n) is 7.90. The third kappa shape index (κ3) is 4.67. The van der Waals surface area contributed by atoms with Crippen molar-refractivity contribution in [3.05, 3.63) is 53.9 Å². The van der Waals surface area contributed by atoms with Gasteiger partial charge in [0.15, 0.2) is 5.76 Å². The molecule has 1 aromatic heterocycles. The molecule has 0 spiro atoms. The van der Waals surface area contributed by atoms with Crippen LogP contribution in [0.15, 0.2) is 48.3 Å². The van der Waals surface area contributed by atoms with Crippen molar-refractivity contribution in [2.75, 3.05) is 20.2 Å². The second kappa shape index (κ2) is 9.43. The first-order chi connectivity index (χ1) is 13.8. The van der Waals surface area contributed by atoms with Gasteiger partial charge >= 0.3 is 0 Å². The molecule has 6 heteroatoms. The monoisotopic (exact) mass is 384 g/mol. The van der Waals surface area contributed by atoms with Crippen LogP contribution in [0, 0.1) is 0 Å². The summed E-state index contributed by atoms with van der Waals surface area (Å²) in [5, 5.41) is 7.31. The lowest BCUT2D eigenvalue weighted by molar-refractivity contribution is 0.0152. The number of allylic oxidation sites excluding steroid dienone is 1. The summed E-state index contributed by atoms with van der Waals surface area (Å²) < 4.78 is 12.2. The third-order valence-corrected chi connectivity index (χ3v) is 5.82. The predicted octanol–water partition coefficient (Wildman–Crippen LogP) is 2.90. The highest BCUT2D eigenvalue weighted by molar-refractivity contribution is 5.25. The molecule has 2 fully saturated rings. The summed E-state index contributed by atoms with van der Waals surface area (Å²) in [4.78, 5) is 6.59. The Kier molecular flexibility index (Phi) is 6.49. The average molecular weight is 385 g/mol. The molecule has 2 N–H and O–H groups in total. The molecular formula is C22H32N4O2. The van der Waals surface area contributed by atoms with Crippen LogP contribution in [0.2, 0.25) is 0 Å². The quantitative estimate of drug-likeness (QED) is 0.754. The Labute approximate surface area is 168 Å². The summed E-state index contributed by atoms with van der Waals surface area (Å²) in [5.41, 5.74) is 1.16. The first-order valence-electron chi connectivity index (χ1n) is 10.6. The fraction of sp³-hybridized carbons (Fsp3) is 0.591. The number of ether oxygens (including phenoxy) is 2. The van der Waals surface area contributed by atoms with Gasteiger partial charge in [-0.15, -0.1) is 0 Å². The van der Waals surface area contributed by atoms with E-state index in [0.717, 1.165) is 49.7 Å². The van der Waals surface area contributed by atoms with Crippen LogP contribution < -0.4 is 10.6 Å². The van der Waals surface area contributed by atoms with Gasteiger partial charge in [0.05, 0.1) is 7.11 Å². The van der Waals surface area contributed by atoms with Crippen LogP contribution >= 0.6 is 0 Å². The van der Waals surface area contributed by atoms with E-state index in [-0.39, 0.29) is 12.3 Å². The van der Waals surface area contributed by atoms with Crippen molar-refractivity contribution >= 4 is 0 Å². The Morgan fingerprint density at radius 3 is 2.86 bits per heavy atom. The van der Waals surface area contributed by atoms with E-state index in [1.807, 2.05) is 18.5 Å². The maximum Gasteiger partial charge on any atom is 0.235 e. The summed E-state index contributed by atoms with van der Waals surface area (Å²) >= 11 is 0. The van der Waals surface area contributed by atoms with Crippen LogP contribution in [0.4, 0.5) is 0 Å². The lowest BCUT2D eigenvalue weighted by Gasteiger charge is -2.40. The largest absolute Gasteiger partial charge is 0.491 e. The fourth-order valence-electron chi connectivity index (χ4n) is 4.31. The van der Waals surface area contributed by atoms with Gasteiger partial charge in [0, 0.05) is 31.5 Å². The number of pyridine rings is 1. The van der Waals surface area contributed by atoms with Crippen LogP contribution in [0.1, 0.15) is 44.1 Å². The maximum absolute atomic E-state index is 6.51. The first kappa shape index (κ1) is 19.3. The average Bonchev–Trinajstić information content (AvgIpc) is 3.25. The number of rotatable bonds is 7.